The average molecular weight is 285 g/mol. The van der Waals surface area contributed by atoms with Gasteiger partial charge in [-0.05, 0) is 26.2 Å². The van der Waals surface area contributed by atoms with Crippen molar-refractivity contribution in [3.63, 3.8) is 0 Å². The lowest BCUT2D eigenvalue weighted by Crippen LogP contribution is -2.47. The molecule has 6 nitrogen and oxygen atoms in total. The van der Waals surface area contributed by atoms with Crippen molar-refractivity contribution in [1.29, 1.82) is 0 Å². The second-order valence-corrected chi connectivity index (χ2v) is 4.81. The third kappa shape index (κ3) is 5.36. The highest BCUT2D eigenvalue weighted by molar-refractivity contribution is 5.80. The monoisotopic (exact) mass is 285 g/mol. The zero-order chi connectivity index (χ0) is 14.8. The highest BCUT2D eigenvalue weighted by Crippen LogP contribution is 2.18. The van der Waals surface area contributed by atoms with Crippen LogP contribution in [0, 0.1) is 5.92 Å². The van der Waals surface area contributed by atoms with Crippen LogP contribution in [0.1, 0.15) is 26.2 Å². The fourth-order valence-electron chi connectivity index (χ4n) is 2.34. The van der Waals surface area contributed by atoms with Gasteiger partial charge in [-0.3, -0.25) is 9.79 Å². The molecular weight excluding hydrogens is 258 g/mol. The Hall–Kier alpha value is -1.30. The van der Waals surface area contributed by atoms with Crippen molar-refractivity contribution in [1.82, 2.24) is 10.2 Å². The second-order valence-electron chi connectivity index (χ2n) is 4.81. The Morgan fingerprint density at radius 3 is 2.65 bits per heavy atom. The van der Waals surface area contributed by atoms with Crippen LogP contribution < -0.4 is 5.32 Å². The van der Waals surface area contributed by atoms with Gasteiger partial charge >= 0.3 is 5.97 Å². The Kier molecular flexibility index (Phi) is 8.02. The first-order chi connectivity index (χ1) is 9.72. The van der Waals surface area contributed by atoms with Crippen LogP contribution in [0.5, 0.6) is 0 Å². The lowest BCUT2D eigenvalue weighted by atomic mass is 9.97. The molecule has 0 aliphatic carbocycles. The predicted octanol–water partition coefficient (Wildman–Crippen LogP) is 0.873. The normalized spacial score (nSPS) is 17.1. The highest BCUT2D eigenvalue weighted by Gasteiger charge is 2.26. The van der Waals surface area contributed by atoms with Gasteiger partial charge in [-0.25, -0.2) is 0 Å². The molecule has 0 bridgehead atoms. The van der Waals surface area contributed by atoms with E-state index in [2.05, 4.69) is 15.2 Å². The minimum atomic E-state index is -0.0932. The second kappa shape index (κ2) is 9.58. The summed E-state index contributed by atoms with van der Waals surface area (Å²) in [5, 5.41) is 3.34. The molecule has 6 heteroatoms. The molecule has 116 valence electrons. The number of nitrogens with zero attached hydrogens (tertiary/aromatic N) is 2. The van der Waals surface area contributed by atoms with Crippen LogP contribution in [-0.4, -0.2) is 63.8 Å². The molecule has 0 saturated carbocycles. The minimum absolute atomic E-state index is 0.0345. The van der Waals surface area contributed by atoms with E-state index in [1.165, 1.54) is 7.11 Å². The quantitative estimate of drug-likeness (QED) is 0.340. The molecule has 1 rings (SSSR count). The zero-order valence-electron chi connectivity index (χ0n) is 12.9. The fourth-order valence-corrected chi connectivity index (χ4v) is 2.34. The maximum absolute atomic E-state index is 11.5. The van der Waals surface area contributed by atoms with Crippen LogP contribution in [0.2, 0.25) is 0 Å². The summed E-state index contributed by atoms with van der Waals surface area (Å²) in [5.41, 5.74) is 0. The molecule has 1 aliphatic rings. The van der Waals surface area contributed by atoms with Gasteiger partial charge in [0.25, 0.3) is 0 Å². The Labute approximate surface area is 121 Å². The summed E-state index contributed by atoms with van der Waals surface area (Å²) in [4.78, 5) is 18.0. The molecule has 0 aromatic rings. The third-order valence-electron chi connectivity index (χ3n) is 3.49. The van der Waals surface area contributed by atoms with Crippen molar-refractivity contribution in [3.8, 4) is 0 Å². The molecule has 0 unspecified atom stereocenters. The van der Waals surface area contributed by atoms with Crippen molar-refractivity contribution in [2.45, 2.75) is 26.2 Å². The van der Waals surface area contributed by atoms with Crippen LogP contribution in [0.4, 0.5) is 0 Å². The zero-order valence-corrected chi connectivity index (χ0v) is 12.9. The number of esters is 1. The smallest absolute Gasteiger partial charge is 0.308 e. The number of carbonyl (C=O) groups is 1. The van der Waals surface area contributed by atoms with Crippen LogP contribution in [-0.2, 0) is 14.3 Å². The number of ether oxygens (including phenoxy) is 2. The van der Waals surface area contributed by atoms with E-state index < -0.39 is 0 Å². The van der Waals surface area contributed by atoms with E-state index >= 15 is 0 Å². The first kappa shape index (κ1) is 16.8. The summed E-state index contributed by atoms with van der Waals surface area (Å²) >= 11 is 0. The Balaban J connectivity index is 2.28. The average Bonchev–Trinajstić information content (AvgIpc) is 2.50. The lowest BCUT2D eigenvalue weighted by Gasteiger charge is -2.33. The van der Waals surface area contributed by atoms with Crippen molar-refractivity contribution in [3.05, 3.63) is 0 Å². The summed E-state index contributed by atoms with van der Waals surface area (Å²) in [6.45, 7) is 6.05. The fraction of sp³-hybridized carbons (Fsp3) is 0.857. The Bertz CT molecular complexity index is 313. The molecule has 20 heavy (non-hydrogen) atoms. The summed E-state index contributed by atoms with van der Waals surface area (Å²) in [6.07, 6.45) is 2.62. The van der Waals surface area contributed by atoms with E-state index in [1.54, 1.807) is 7.05 Å². The van der Waals surface area contributed by atoms with Crippen molar-refractivity contribution in [2.75, 3.05) is 47.0 Å². The van der Waals surface area contributed by atoms with Crippen molar-refractivity contribution >= 4 is 11.9 Å². The van der Waals surface area contributed by atoms with Gasteiger partial charge < -0.3 is 19.7 Å². The Morgan fingerprint density at radius 2 is 2.10 bits per heavy atom. The number of likely N-dealkylation sites (tertiary alicyclic amines) is 1. The molecule has 0 aromatic heterocycles. The maximum atomic E-state index is 11.5. The summed E-state index contributed by atoms with van der Waals surface area (Å²) in [5.74, 6) is 0.849. The number of rotatable bonds is 6. The first-order valence-corrected chi connectivity index (χ1v) is 7.34. The van der Waals surface area contributed by atoms with E-state index in [0.717, 1.165) is 58.1 Å². The van der Waals surface area contributed by atoms with Gasteiger partial charge in [-0.2, -0.15) is 0 Å². The van der Waals surface area contributed by atoms with Gasteiger partial charge in [0.15, 0.2) is 5.96 Å². The van der Waals surface area contributed by atoms with Gasteiger partial charge in [-0.1, -0.05) is 0 Å². The molecule has 0 radical (unpaired) electrons. The number of nitrogens with one attached hydrogen (secondary N) is 1. The molecule has 1 aliphatic heterocycles. The molecule has 0 atom stereocenters. The maximum Gasteiger partial charge on any atom is 0.308 e. The number of hydrogen-bond acceptors (Lipinski definition) is 4. The molecule has 1 N–H and O–H groups in total. The minimum Gasteiger partial charge on any atom is -0.469 e. The number of aliphatic imine (C=N–C) groups is 1. The molecule has 0 spiro atoms. The van der Waals surface area contributed by atoms with Gasteiger partial charge in [0.1, 0.15) is 0 Å². The molecule has 1 fully saturated rings. The topological polar surface area (TPSA) is 63.2 Å². The molecular formula is C14H27N3O3. The van der Waals surface area contributed by atoms with Gasteiger partial charge in [-0.15, -0.1) is 0 Å². The van der Waals surface area contributed by atoms with Crippen LogP contribution in [0.15, 0.2) is 4.99 Å². The van der Waals surface area contributed by atoms with Crippen molar-refractivity contribution in [2.24, 2.45) is 10.9 Å². The predicted molar refractivity (Wildman–Crippen MR) is 78.8 cm³/mol. The number of piperidine rings is 1. The van der Waals surface area contributed by atoms with Gasteiger partial charge in [0.05, 0.1) is 13.0 Å². The molecule has 1 saturated heterocycles. The number of guanidine groups is 1. The van der Waals surface area contributed by atoms with Crippen molar-refractivity contribution < 1.29 is 14.3 Å². The molecule has 0 amide bonds. The van der Waals surface area contributed by atoms with Gasteiger partial charge in [0.2, 0.25) is 0 Å². The molecule has 0 aromatic carbocycles. The summed E-state index contributed by atoms with van der Waals surface area (Å²) in [7, 11) is 3.24. The van der Waals surface area contributed by atoms with Crippen LogP contribution >= 0.6 is 0 Å². The van der Waals surface area contributed by atoms with Crippen LogP contribution in [0.3, 0.4) is 0 Å². The SMILES string of the molecule is CCOCCCNC(=NC)N1CCC(C(=O)OC)CC1. The Morgan fingerprint density at radius 1 is 1.40 bits per heavy atom. The lowest BCUT2D eigenvalue weighted by molar-refractivity contribution is -0.146. The first-order valence-electron chi connectivity index (χ1n) is 7.34. The van der Waals surface area contributed by atoms with Gasteiger partial charge in [0, 0.05) is 39.9 Å². The van der Waals surface area contributed by atoms with Crippen LogP contribution in [0.25, 0.3) is 0 Å². The number of carbonyl (C=O) groups excluding carboxylic acids is 1. The largest absolute Gasteiger partial charge is 0.469 e. The summed E-state index contributed by atoms with van der Waals surface area (Å²) in [6, 6.07) is 0. The van der Waals surface area contributed by atoms with E-state index in [1.807, 2.05) is 6.92 Å². The third-order valence-corrected chi connectivity index (χ3v) is 3.49. The number of hydrogen-bond donors (Lipinski definition) is 1. The van der Waals surface area contributed by atoms with E-state index in [4.69, 9.17) is 9.47 Å². The highest BCUT2D eigenvalue weighted by atomic mass is 16.5. The molecule has 1 heterocycles. The number of methoxy groups -OCH3 is 1. The summed E-state index contributed by atoms with van der Waals surface area (Å²) < 4.78 is 10.1. The van der Waals surface area contributed by atoms with E-state index in [9.17, 15) is 4.79 Å². The standard InChI is InChI=1S/C14H27N3O3/c1-4-20-11-5-8-16-14(15-2)17-9-6-12(7-10-17)13(18)19-3/h12H,4-11H2,1-3H3,(H,15,16). The van der Waals surface area contributed by atoms with E-state index in [0.29, 0.717) is 0 Å². The van der Waals surface area contributed by atoms with E-state index in [-0.39, 0.29) is 11.9 Å².